The first kappa shape index (κ1) is 15.9. The van der Waals surface area contributed by atoms with Gasteiger partial charge in [0.2, 0.25) is 0 Å². The summed E-state index contributed by atoms with van der Waals surface area (Å²) in [6.45, 7) is 3.74. The molecule has 2 aromatic rings. The molecule has 1 saturated heterocycles. The van der Waals surface area contributed by atoms with Gasteiger partial charge in [0.25, 0.3) is 5.91 Å². The van der Waals surface area contributed by atoms with Crippen LogP contribution in [-0.4, -0.2) is 45.0 Å². The number of amides is 1. The van der Waals surface area contributed by atoms with Crippen molar-refractivity contribution in [3.63, 3.8) is 0 Å². The Kier molecular flexibility index (Phi) is 4.29. The van der Waals surface area contributed by atoms with E-state index in [4.69, 9.17) is 4.98 Å². The molecule has 7 nitrogen and oxygen atoms in total. The minimum Gasteiger partial charge on any atom is -0.354 e. The van der Waals surface area contributed by atoms with Crippen LogP contribution in [-0.2, 0) is 0 Å². The van der Waals surface area contributed by atoms with Crippen molar-refractivity contribution in [1.82, 2.24) is 25.3 Å². The van der Waals surface area contributed by atoms with Gasteiger partial charge in [0.1, 0.15) is 23.7 Å². The number of piperidine rings is 1. The highest BCUT2D eigenvalue weighted by molar-refractivity contribution is 5.92. The molecular weight excluding hydrogens is 316 g/mol. The number of rotatable bonds is 4. The van der Waals surface area contributed by atoms with Crippen molar-refractivity contribution in [3.8, 4) is 0 Å². The standard InChI is InChI=1S/C18H22N6O/c1-12-9-16(23-17(21-12)13-4-5-13)24-8-2-3-14(10-24)22-18(25)15-6-7-19-11-20-15/h6-7,9,11,13-14H,2-5,8,10H2,1H3,(H,22,25). The van der Waals surface area contributed by atoms with E-state index in [-0.39, 0.29) is 11.9 Å². The number of anilines is 1. The number of hydrogen-bond acceptors (Lipinski definition) is 6. The second kappa shape index (κ2) is 6.74. The summed E-state index contributed by atoms with van der Waals surface area (Å²) in [5, 5.41) is 3.08. The molecule has 1 unspecified atom stereocenters. The third kappa shape index (κ3) is 3.75. The van der Waals surface area contributed by atoms with E-state index in [0.717, 1.165) is 43.3 Å². The van der Waals surface area contributed by atoms with Crippen LogP contribution in [0.3, 0.4) is 0 Å². The Morgan fingerprint density at radius 1 is 1.28 bits per heavy atom. The zero-order valence-electron chi connectivity index (χ0n) is 14.4. The molecule has 1 aliphatic carbocycles. The lowest BCUT2D eigenvalue weighted by Gasteiger charge is -2.34. The van der Waals surface area contributed by atoms with Gasteiger partial charge in [0.15, 0.2) is 0 Å². The molecule has 3 heterocycles. The number of carbonyl (C=O) groups is 1. The molecule has 1 atom stereocenters. The van der Waals surface area contributed by atoms with E-state index in [9.17, 15) is 4.79 Å². The highest BCUT2D eigenvalue weighted by Crippen LogP contribution is 2.38. The molecule has 1 N–H and O–H groups in total. The van der Waals surface area contributed by atoms with Crippen molar-refractivity contribution >= 4 is 11.7 Å². The van der Waals surface area contributed by atoms with Crippen LogP contribution in [0.25, 0.3) is 0 Å². The number of aromatic nitrogens is 4. The second-order valence-corrected chi connectivity index (χ2v) is 6.85. The summed E-state index contributed by atoms with van der Waals surface area (Å²) < 4.78 is 0. The average molecular weight is 338 g/mol. The minimum absolute atomic E-state index is 0.0934. The highest BCUT2D eigenvalue weighted by atomic mass is 16.1. The molecule has 2 aromatic heterocycles. The number of aryl methyl sites for hydroxylation is 1. The fourth-order valence-corrected chi connectivity index (χ4v) is 3.25. The predicted molar refractivity (Wildman–Crippen MR) is 93.5 cm³/mol. The quantitative estimate of drug-likeness (QED) is 0.916. The molecule has 0 spiro atoms. The fraction of sp³-hybridized carbons (Fsp3) is 0.500. The molecular formula is C18H22N6O. The maximum absolute atomic E-state index is 12.3. The molecule has 25 heavy (non-hydrogen) atoms. The van der Waals surface area contributed by atoms with Gasteiger partial charge in [-0.1, -0.05) is 0 Å². The Hall–Kier alpha value is -2.57. The number of nitrogens with zero attached hydrogens (tertiary/aromatic N) is 5. The molecule has 1 saturated carbocycles. The van der Waals surface area contributed by atoms with Gasteiger partial charge in [0.05, 0.1) is 0 Å². The fourth-order valence-electron chi connectivity index (χ4n) is 3.25. The van der Waals surface area contributed by atoms with Crippen LogP contribution in [0.2, 0.25) is 0 Å². The summed E-state index contributed by atoms with van der Waals surface area (Å²) >= 11 is 0. The lowest BCUT2D eigenvalue weighted by Crippen LogP contribution is -2.48. The first-order valence-electron chi connectivity index (χ1n) is 8.86. The van der Waals surface area contributed by atoms with Crippen LogP contribution >= 0.6 is 0 Å². The Balaban J connectivity index is 1.45. The molecule has 2 fully saturated rings. The Morgan fingerprint density at radius 2 is 2.16 bits per heavy atom. The number of hydrogen-bond donors (Lipinski definition) is 1. The molecule has 1 amide bonds. The maximum Gasteiger partial charge on any atom is 0.270 e. The zero-order chi connectivity index (χ0) is 17.2. The summed E-state index contributed by atoms with van der Waals surface area (Å²) in [4.78, 5) is 31.8. The first-order valence-corrected chi connectivity index (χ1v) is 8.86. The summed E-state index contributed by atoms with van der Waals surface area (Å²) in [5.74, 6) is 2.35. The number of nitrogens with one attached hydrogen (secondary N) is 1. The van der Waals surface area contributed by atoms with E-state index >= 15 is 0 Å². The van der Waals surface area contributed by atoms with Crippen LogP contribution in [0.5, 0.6) is 0 Å². The van der Waals surface area contributed by atoms with Gasteiger partial charge in [-0.3, -0.25) is 4.79 Å². The van der Waals surface area contributed by atoms with Gasteiger partial charge in [-0.2, -0.15) is 0 Å². The van der Waals surface area contributed by atoms with E-state index in [1.165, 1.54) is 19.2 Å². The Labute approximate surface area is 146 Å². The Bertz CT molecular complexity index is 761. The van der Waals surface area contributed by atoms with Gasteiger partial charge >= 0.3 is 0 Å². The van der Waals surface area contributed by atoms with Gasteiger partial charge in [-0.25, -0.2) is 19.9 Å². The van der Waals surface area contributed by atoms with Crippen molar-refractivity contribution in [1.29, 1.82) is 0 Å². The SMILES string of the molecule is Cc1cc(N2CCCC(NC(=O)c3ccncn3)C2)nc(C2CC2)n1. The van der Waals surface area contributed by atoms with Gasteiger partial charge in [-0.15, -0.1) is 0 Å². The van der Waals surface area contributed by atoms with Crippen molar-refractivity contribution in [3.05, 3.63) is 41.9 Å². The van der Waals surface area contributed by atoms with Crippen molar-refractivity contribution in [2.75, 3.05) is 18.0 Å². The van der Waals surface area contributed by atoms with Crippen molar-refractivity contribution in [2.45, 2.75) is 44.6 Å². The molecule has 7 heteroatoms. The summed E-state index contributed by atoms with van der Waals surface area (Å²) in [5.41, 5.74) is 1.42. The van der Waals surface area contributed by atoms with Crippen LogP contribution in [0, 0.1) is 6.92 Å². The zero-order valence-corrected chi connectivity index (χ0v) is 14.4. The lowest BCUT2D eigenvalue weighted by atomic mass is 10.1. The molecule has 0 bridgehead atoms. The lowest BCUT2D eigenvalue weighted by molar-refractivity contribution is 0.0928. The Morgan fingerprint density at radius 3 is 2.92 bits per heavy atom. The topological polar surface area (TPSA) is 83.9 Å². The normalized spacial score (nSPS) is 20.4. The van der Waals surface area contributed by atoms with Crippen molar-refractivity contribution in [2.24, 2.45) is 0 Å². The van der Waals surface area contributed by atoms with E-state index in [2.05, 4.69) is 25.2 Å². The van der Waals surface area contributed by atoms with Gasteiger partial charge < -0.3 is 10.2 Å². The molecule has 2 aliphatic rings. The molecule has 4 rings (SSSR count). The summed E-state index contributed by atoms with van der Waals surface area (Å²) in [6.07, 6.45) is 7.35. The van der Waals surface area contributed by atoms with Crippen LogP contribution in [0.1, 0.15) is 53.6 Å². The van der Waals surface area contributed by atoms with E-state index < -0.39 is 0 Å². The molecule has 1 aliphatic heterocycles. The predicted octanol–water partition coefficient (Wildman–Crippen LogP) is 1.85. The second-order valence-electron chi connectivity index (χ2n) is 6.85. The van der Waals surface area contributed by atoms with Crippen LogP contribution in [0.4, 0.5) is 5.82 Å². The maximum atomic E-state index is 12.3. The van der Waals surface area contributed by atoms with Gasteiger partial charge in [-0.05, 0) is 38.7 Å². The monoisotopic (exact) mass is 338 g/mol. The van der Waals surface area contributed by atoms with Crippen molar-refractivity contribution < 1.29 is 4.79 Å². The van der Waals surface area contributed by atoms with Gasteiger partial charge in [0, 0.05) is 43.0 Å². The van der Waals surface area contributed by atoms with E-state index in [1.807, 2.05) is 13.0 Å². The summed E-state index contributed by atoms with van der Waals surface area (Å²) in [6, 6.07) is 3.77. The molecule has 0 radical (unpaired) electrons. The van der Waals surface area contributed by atoms with E-state index in [0.29, 0.717) is 11.6 Å². The van der Waals surface area contributed by atoms with E-state index in [1.54, 1.807) is 12.3 Å². The minimum atomic E-state index is -0.146. The third-order valence-electron chi connectivity index (χ3n) is 4.70. The smallest absolute Gasteiger partial charge is 0.270 e. The molecule has 0 aromatic carbocycles. The first-order chi connectivity index (χ1) is 12.2. The van der Waals surface area contributed by atoms with Crippen LogP contribution < -0.4 is 10.2 Å². The molecule has 130 valence electrons. The van der Waals surface area contributed by atoms with Crippen LogP contribution in [0.15, 0.2) is 24.7 Å². The average Bonchev–Trinajstić information content (AvgIpc) is 3.47. The highest BCUT2D eigenvalue weighted by Gasteiger charge is 2.29. The summed E-state index contributed by atoms with van der Waals surface area (Å²) in [7, 11) is 0. The number of carbonyl (C=O) groups excluding carboxylic acids is 1. The largest absolute Gasteiger partial charge is 0.354 e. The third-order valence-corrected chi connectivity index (χ3v) is 4.70.